The average Bonchev–Trinajstić information content (AvgIpc) is 2.66. The van der Waals surface area contributed by atoms with Gasteiger partial charge in [-0.2, -0.15) is 0 Å². The molecule has 2 amide bonds. The molecule has 98 valence electrons. The predicted molar refractivity (Wildman–Crippen MR) is 68.8 cm³/mol. The number of likely N-dealkylation sites (tertiary alicyclic amines) is 1. The zero-order valence-corrected chi connectivity index (χ0v) is 10.9. The van der Waals surface area contributed by atoms with Crippen molar-refractivity contribution in [3.63, 3.8) is 0 Å². The molecule has 3 N–H and O–H groups in total. The lowest BCUT2D eigenvalue weighted by molar-refractivity contribution is 0.158. The fourth-order valence-electron chi connectivity index (χ4n) is 3.20. The van der Waals surface area contributed by atoms with E-state index in [2.05, 4.69) is 12.2 Å². The third-order valence-corrected chi connectivity index (χ3v) is 4.30. The molecule has 4 nitrogen and oxygen atoms in total. The van der Waals surface area contributed by atoms with E-state index >= 15 is 0 Å². The van der Waals surface area contributed by atoms with Gasteiger partial charge in [0.05, 0.1) is 6.04 Å². The van der Waals surface area contributed by atoms with E-state index in [1.807, 2.05) is 4.90 Å². The summed E-state index contributed by atoms with van der Waals surface area (Å²) in [4.78, 5) is 14.1. The molecule has 0 radical (unpaired) electrons. The van der Waals surface area contributed by atoms with Crippen LogP contribution in [0.4, 0.5) is 4.79 Å². The van der Waals surface area contributed by atoms with Crippen molar-refractivity contribution in [2.24, 2.45) is 5.73 Å². The quantitative estimate of drug-likeness (QED) is 0.738. The Balaban J connectivity index is 1.91. The van der Waals surface area contributed by atoms with Crippen LogP contribution in [0.1, 0.15) is 51.9 Å². The van der Waals surface area contributed by atoms with Crippen LogP contribution in [-0.4, -0.2) is 35.6 Å². The maximum atomic E-state index is 12.1. The molecule has 2 aliphatic rings. The van der Waals surface area contributed by atoms with Crippen molar-refractivity contribution in [1.29, 1.82) is 0 Å². The molecule has 0 bridgehead atoms. The molecule has 1 aliphatic heterocycles. The molecule has 2 rings (SSSR count). The number of hydrogen-bond acceptors (Lipinski definition) is 2. The molecule has 2 unspecified atom stereocenters. The van der Waals surface area contributed by atoms with Gasteiger partial charge in [0, 0.05) is 18.6 Å². The Hall–Kier alpha value is -0.770. The van der Waals surface area contributed by atoms with Gasteiger partial charge >= 0.3 is 6.03 Å². The first-order valence-electron chi connectivity index (χ1n) is 7.01. The number of fused-ring (bicyclic) bond motifs is 1. The van der Waals surface area contributed by atoms with Crippen LogP contribution in [0, 0.1) is 0 Å². The van der Waals surface area contributed by atoms with E-state index < -0.39 is 0 Å². The summed E-state index contributed by atoms with van der Waals surface area (Å²) in [6.07, 6.45) is 7.73. The van der Waals surface area contributed by atoms with Crippen molar-refractivity contribution < 1.29 is 4.79 Å². The van der Waals surface area contributed by atoms with Gasteiger partial charge in [0.15, 0.2) is 0 Å². The van der Waals surface area contributed by atoms with Gasteiger partial charge in [-0.15, -0.1) is 0 Å². The summed E-state index contributed by atoms with van der Waals surface area (Å²) in [5.74, 6) is 0. The van der Waals surface area contributed by atoms with E-state index in [0.717, 1.165) is 45.2 Å². The molecule has 0 aromatic carbocycles. The van der Waals surface area contributed by atoms with E-state index in [9.17, 15) is 4.79 Å². The number of carbonyl (C=O) groups is 1. The molecular weight excluding hydrogens is 214 g/mol. The second-order valence-electron chi connectivity index (χ2n) is 5.52. The van der Waals surface area contributed by atoms with Gasteiger partial charge < -0.3 is 16.0 Å². The van der Waals surface area contributed by atoms with E-state index in [1.165, 1.54) is 12.8 Å². The summed E-state index contributed by atoms with van der Waals surface area (Å²) in [7, 11) is 0. The van der Waals surface area contributed by atoms with Crippen molar-refractivity contribution in [1.82, 2.24) is 10.2 Å². The highest BCUT2D eigenvalue weighted by molar-refractivity contribution is 5.75. The molecule has 0 aromatic heterocycles. The van der Waals surface area contributed by atoms with Crippen molar-refractivity contribution >= 4 is 6.03 Å². The van der Waals surface area contributed by atoms with Crippen molar-refractivity contribution in [2.45, 2.75) is 63.5 Å². The number of rotatable bonds is 3. The smallest absolute Gasteiger partial charge is 0.317 e. The lowest BCUT2D eigenvalue weighted by Gasteiger charge is -2.38. The summed E-state index contributed by atoms with van der Waals surface area (Å²) < 4.78 is 0. The van der Waals surface area contributed by atoms with E-state index in [0.29, 0.717) is 0 Å². The minimum Gasteiger partial charge on any atom is -0.338 e. The first kappa shape index (κ1) is 12.7. The monoisotopic (exact) mass is 239 g/mol. The highest BCUT2D eigenvalue weighted by atomic mass is 16.2. The zero-order chi connectivity index (χ0) is 12.3. The molecule has 2 atom stereocenters. The zero-order valence-electron chi connectivity index (χ0n) is 10.9. The number of unbranched alkanes of at least 4 members (excludes halogenated alkanes) is 1. The standard InChI is InChI=1S/C13H25N3O/c1-2-3-9-15-12(17)16-10-8-13(14)7-5-4-6-11(13)16/h11H,2-10,14H2,1H3,(H,15,17). The Kier molecular flexibility index (Phi) is 3.92. The Morgan fingerprint density at radius 1 is 1.47 bits per heavy atom. The van der Waals surface area contributed by atoms with Gasteiger partial charge in [0.1, 0.15) is 0 Å². The largest absolute Gasteiger partial charge is 0.338 e. The summed E-state index contributed by atoms with van der Waals surface area (Å²) in [5, 5.41) is 3.01. The molecule has 4 heteroatoms. The first-order valence-corrected chi connectivity index (χ1v) is 7.01. The maximum Gasteiger partial charge on any atom is 0.317 e. The topological polar surface area (TPSA) is 58.4 Å². The van der Waals surface area contributed by atoms with Crippen LogP contribution in [0.2, 0.25) is 0 Å². The van der Waals surface area contributed by atoms with Gasteiger partial charge in [-0.25, -0.2) is 4.79 Å². The Labute approximate surface area is 104 Å². The molecule has 17 heavy (non-hydrogen) atoms. The van der Waals surface area contributed by atoms with E-state index in [1.54, 1.807) is 0 Å². The van der Waals surface area contributed by atoms with Crippen molar-refractivity contribution in [3.05, 3.63) is 0 Å². The molecule has 1 aliphatic carbocycles. The number of nitrogens with two attached hydrogens (primary N) is 1. The van der Waals surface area contributed by atoms with Crippen LogP contribution in [-0.2, 0) is 0 Å². The highest BCUT2D eigenvalue weighted by Gasteiger charge is 2.47. The SMILES string of the molecule is CCCCNC(=O)N1CCC2(N)CCCCC12. The predicted octanol–water partition coefficient (Wildman–Crippen LogP) is 1.84. The molecule has 1 saturated carbocycles. The summed E-state index contributed by atoms with van der Waals surface area (Å²) in [6, 6.07) is 0.371. The second-order valence-corrected chi connectivity index (χ2v) is 5.52. The van der Waals surface area contributed by atoms with Gasteiger partial charge in [-0.05, 0) is 25.7 Å². The van der Waals surface area contributed by atoms with Gasteiger partial charge in [0.25, 0.3) is 0 Å². The minimum atomic E-state index is -0.0969. The number of hydrogen-bond donors (Lipinski definition) is 2. The lowest BCUT2D eigenvalue weighted by Crippen LogP contribution is -2.56. The maximum absolute atomic E-state index is 12.1. The second kappa shape index (κ2) is 5.25. The number of urea groups is 1. The lowest BCUT2D eigenvalue weighted by atomic mass is 9.79. The van der Waals surface area contributed by atoms with Crippen molar-refractivity contribution in [2.75, 3.05) is 13.1 Å². The van der Waals surface area contributed by atoms with Gasteiger partial charge in [-0.3, -0.25) is 0 Å². The number of carbonyl (C=O) groups excluding carboxylic acids is 1. The molecule has 0 spiro atoms. The van der Waals surface area contributed by atoms with Crippen LogP contribution >= 0.6 is 0 Å². The van der Waals surface area contributed by atoms with E-state index in [4.69, 9.17) is 5.73 Å². The number of nitrogens with zero attached hydrogens (tertiary/aromatic N) is 1. The molecule has 0 aromatic rings. The molecule has 1 heterocycles. The minimum absolute atomic E-state index is 0.0951. The third-order valence-electron chi connectivity index (χ3n) is 4.30. The normalized spacial score (nSPS) is 32.4. The van der Waals surface area contributed by atoms with Gasteiger partial charge in [0.2, 0.25) is 0 Å². The average molecular weight is 239 g/mol. The fourth-order valence-corrected chi connectivity index (χ4v) is 3.20. The Morgan fingerprint density at radius 3 is 3.06 bits per heavy atom. The van der Waals surface area contributed by atoms with Crippen LogP contribution in [0.25, 0.3) is 0 Å². The Morgan fingerprint density at radius 2 is 2.29 bits per heavy atom. The van der Waals surface area contributed by atoms with Crippen LogP contribution in [0.5, 0.6) is 0 Å². The summed E-state index contributed by atoms with van der Waals surface area (Å²) in [6.45, 7) is 3.75. The van der Waals surface area contributed by atoms with Crippen molar-refractivity contribution in [3.8, 4) is 0 Å². The summed E-state index contributed by atoms with van der Waals surface area (Å²) in [5.41, 5.74) is 6.33. The first-order chi connectivity index (χ1) is 8.17. The molecular formula is C13H25N3O. The highest BCUT2D eigenvalue weighted by Crippen LogP contribution is 2.37. The third kappa shape index (κ3) is 2.57. The number of nitrogens with one attached hydrogen (secondary N) is 1. The Bertz CT molecular complexity index is 282. The van der Waals surface area contributed by atoms with Crippen LogP contribution in [0.15, 0.2) is 0 Å². The van der Waals surface area contributed by atoms with Gasteiger partial charge in [-0.1, -0.05) is 26.2 Å². The molecule has 1 saturated heterocycles. The van der Waals surface area contributed by atoms with Crippen LogP contribution < -0.4 is 11.1 Å². The summed E-state index contributed by atoms with van der Waals surface area (Å²) >= 11 is 0. The van der Waals surface area contributed by atoms with Crippen LogP contribution in [0.3, 0.4) is 0 Å². The number of amides is 2. The fraction of sp³-hybridized carbons (Fsp3) is 0.923. The molecule has 2 fully saturated rings. The van der Waals surface area contributed by atoms with E-state index in [-0.39, 0.29) is 17.6 Å².